The van der Waals surface area contributed by atoms with Gasteiger partial charge in [0.2, 0.25) is 0 Å². The molecule has 2 rings (SSSR count). The summed E-state index contributed by atoms with van der Waals surface area (Å²) in [6.07, 6.45) is 2.73. The molecule has 0 amide bonds. The summed E-state index contributed by atoms with van der Waals surface area (Å²) < 4.78 is 3.10. The molecular weight excluding hydrogens is 216 g/mol. The van der Waals surface area contributed by atoms with Crippen molar-refractivity contribution in [2.75, 3.05) is 6.54 Å². The van der Waals surface area contributed by atoms with Gasteiger partial charge in [-0.05, 0) is 25.1 Å². The Kier molecular flexibility index (Phi) is 3.58. The highest BCUT2D eigenvalue weighted by Gasteiger charge is 2.10. The summed E-state index contributed by atoms with van der Waals surface area (Å²) in [5.74, 6) is 0. The molecule has 17 heavy (non-hydrogen) atoms. The van der Waals surface area contributed by atoms with Crippen LogP contribution in [0.1, 0.15) is 20.3 Å². The summed E-state index contributed by atoms with van der Waals surface area (Å²) in [4.78, 5) is 12.0. The highest BCUT2D eigenvalue weighted by Crippen LogP contribution is 1.98. The number of likely N-dealkylation sites (N-methyl/N-ethyl adjacent to an activating group) is 1. The molecule has 2 aromatic heterocycles. The van der Waals surface area contributed by atoms with Crippen LogP contribution in [0.15, 0.2) is 29.2 Å². The monoisotopic (exact) mass is 234 g/mol. The van der Waals surface area contributed by atoms with Crippen molar-refractivity contribution in [2.45, 2.75) is 32.9 Å². The van der Waals surface area contributed by atoms with Crippen molar-refractivity contribution >= 4 is 5.65 Å². The van der Waals surface area contributed by atoms with Crippen LogP contribution in [0.4, 0.5) is 0 Å². The van der Waals surface area contributed by atoms with Crippen molar-refractivity contribution in [3.05, 3.63) is 34.9 Å². The van der Waals surface area contributed by atoms with Gasteiger partial charge in [-0.3, -0.25) is 4.40 Å². The zero-order chi connectivity index (χ0) is 12.3. The van der Waals surface area contributed by atoms with E-state index in [0.717, 1.165) is 13.0 Å². The molecule has 2 aromatic rings. The average molecular weight is 234 g/mol. The van der Waals surface area contributed by atoms with Gasteiger partial charge in [-0.2, -0.15) is 0 Å². The molecular formula is C12H18N4O. The Hall–Kier alpha value is -1.62. The zero-order valence-corrected chi connectivity index (χ0v) is 10.3. The van der Waals surface area contributed by atoms with Crippen LogP contribution >= 0.6 is 0 Å². The Morgan fingerprint density at radius 1 is 1.41 bits per heavy atom. The molecule has 0 bridgehead atoms. The van der Waals surface area contributed by atoms with Gasteiger partial charge in [0.05, 0.1) is 6.54 Å². The Morgan fingerprint density at radius 3 is 2.88 bits per heavy atom. The number of hydrogen-bond donors (Lipinski definition) is 1. The molecule has 0 saturated carbocycles. The number of nitrogens with one attached hydrogen (secondary N) is 1. The lowest BCUT2D eigenvalue weighted by Gasteiger charge is -2.14. The first-order chi connectivity index (χ1) is 8.26. The summed E-state index contributed by atoms with van der Waals surface area (Å²) in [6, 6.07) is 5.85. The standard InChI is InChI=1S/C12H18N4O/c1-3-10(13-4-2)9-16-12(17)15-8-6-5-7-11(15)14-16/h5-8,10,13H,3-4,9H2,1-2H3. The molecule has 0 radical (unpaired) electrons. The van der Waals surface area contributed by atoms with Crippen LogP contribution in [0.5, 0.6) is 0 Å². The number of fused-ring (bicyclic) bond motifs is 1. The summed E-state index contributed by atoms with van der Waals surface area (Å²) in [6.45, 7) is 5.69. The molecule has 2 heterocycles. The quantitative estimate of drug-likeness (QED) is 0.835. The van der Waals surface area contributed by atoms with E-state index in [1.807, 2.05) is 18.2 Å². The SMILES string of the molecule is CCNC(CC)Cn1nc2ccccn2c1=O. The summed E-state index contributed by atoms with van der Waals surface area (Å²) in [5, 5.41) is 7.65. The van der Waals surface area contributed by atoms with Crippen molar-refractivity contribution in [3.8, 4) is 0 Å². The Morgan fingerprint density at radius 2 is 2.24 bits per heavy atom. The molecule has 0 aliphatic heterocycles. The average Bonchev–Trinajstić information content (AvgIpc) is 2.66. The minimum absolute atomic E-state index is 0.0723. The smallest absolute Gasteiger partial charge is 0.312 e. The highest BCUT2D eigenvalue weighted by molar-refractivity contribution is 5.35. The van der Waals surface area contributed by atoms with Crippen molar-refractivity contribution in [3.63, 3.8) is 0 Å². The largest absolute Gasteiger partial charge is 0.350 e. The fraction of sp³-hybridized carbons (Fsp3) is 0.500. The van der Waals surface area contributed by atoms with Crippen LogP contribution < -0.4 is 11.0 Å². The maximum Gasteiger partial charge on any atom is 0.350 e. The molecule has 5 nitrogen and oxygen atoms in total. The van der Waals surface area contributed by atoms with Crippen LogP contribution in [-0.2, 0) is 6.54 Å². The van der Waals surface area contributed by atoms with Gasteiger partial charge in [-0.15, -0.1) is 5.10 Å². The third kappa shape index (κ3) is 2.39. The molecule has 0 fully saturated rings. The Balaban J connectivity index is 2.29. The summed E-state index contributed by atoms with van der Waals surface area (Å²) in [5.41, 5.74) is 0.626. The van der Waals surface area contributed by atoms with E-state index < -0.39 is 0 Å². The second-order valence-corrected chi connectivity index (χ2v) is 4.06. The minimum atomic E-state index is -0.0723. The van der Waals surface area contributed by atoms with Crippen molar-refractivity contribution in [1.82, 2.24) is 19.5 Å². The van der Waals surface area contributed by atoms with E-state index in [1.165, 1.54) is 4.68 Å². The van der Waals surface area contributed by atoms with Gasteiger partial charge >= 0.3 is 5.69 Å². The predicted molar refractivity (Wildman–Crippen MR) is 67.2 cm³/mol. The van der Waals surface area contributed by atoms with E-state index in [0.29, 0.717) is 18.2 Å². The first-order valence-corrected chi connectivity index (χ1v) is 6.03. The highest BCUT2D eigenvalue weighted by atomic mass is 16.2. The molecule has 0 aliphatic rings. The van der Waals surface area contributed by atoms with Gasteiger partial charge in [0.25, 0.3) is 0 Å². The molecule has 1 unspecified atom stereocenters. The van der Waals surface area contributed by atoms with Gasteiger partial charge in [-0.25, -0.2) is 9.48 Å². The van der Waals surface area contributed by atoms with E-state index in [1.54, 1.807) is 10.6 Å². The third-order valence-corrected chi connectivity index (χ3v) is 2.87. The van der Waals surface area contributed by atoms with Crippen LogP contribution in [0.2, 0.25) is 0 Å². The lowest BCUT2D eigenvalue weighted by molar-refractivity contribution is 0.417. The molecule has 0 aromatic carbocycles. The zero-order valence-electron chi connectivity index (χ0n) is 10.3. The topological polar surface area (TPSA) is 51.3 Å². The van der Waals surface area contributed by atoms with Gasteiger partial charge in [0.1, 0.15) is 0 Å². The number of aromatic nitrogens is 3. The van der Waals surface area contributed by atoms with E-state index >= 15 is 0 Å². The van der Waals surface area contributed by atoms with Gasteiger partial charge in [0, 0.05) is 12.2 Å². The van der Waals surface area contributed by atoms with Crippen LogP contribution in [0.25, 0.3) is 5.65 Å². The normalized spacial score (nSPS) is 13.1. The van der Waals surface area contributed by atoms with E-state index in [-0.39, 0.29) is 5.69 Å². The first kappa shape index (κ1) is 11.9. The number of hydrogen-bond acceptors (Lipinski definition) is 3. The minimum Gasteiger partial charge on any atom is -0.312 e. The Bertz CT molecular complexity index is 543. The van der Waals surface area contributed by atoms with Crippen molar-refractivity contribution in [2.24, 2.45) is 0 Å². The van der Waals surface area contributed by atoms with Gasteiger partial charge in [-0.1, -0.05) is 19.9 Å². The van der Waals surface area contributed by atoms with Crippen LogP contribution in [0, 0.1) is 0 Å². The molecule has 1 N–H and O–H groups in total. The third-order valence-electron chi connectivity index (χ3n) is 2.87. The number of nitrogens with zero attached hydrogens (tertiary/aromatic N) is 3. The van der Waals surface area contributed by atoms with E-state index in [2.05, 4.69) is 24.3 Å². The van der Waals surface area contributed by atoms with Gasteiger partial charge < -0.3 is 5.32 Å². The maximum atomic E-state index is 12.0. The summed E-state index contributed by atoms with van der Waals surface area (Å²) >= 11 is 0. The molecule has 92 valence electrons. The lowest BCUT2D eigenvalue weighted by Crippen LogP contribution is -2.36. The van der Waals surface area contributed by atoms with Crippen molar-refractivity contribution in [1.29, 1.82) is 0 Å². The maximum absolute atomic E-state index is 12.0. The molecule has 0 saturated heterocycles. The molecule has 0 spiro atoms. The number of rotatable bonds is 5. The van der Waals surface area contributed by atoms with Gasteiger partial charge in [0.15, 0.2) is 5.65 Å². The molecule has 1 atom stereocenters. The predicted octanol–water partition coefficient (Wildman–Crippen LogP) is 0.884. The number of pyridine rings is 1. The van der Waals surface area contributed by atoms with E-state index in [4.69, 9.17) is 0 Å². The first-order valence-electron chi connectivity index (χ1n) is 6.03. The fourth-order valence-electron chi connectivity index (χ4n) is 1.92. The second kappa shape index (κ2) is 5.14. The molecule has 5 heteroatoms. The molecule has 0 aliphatic carbocycles. The fourth-order valence-corrected chi connectivity index (χ4v) is 1.92. The van der Waals surface area contributed by atoms with Crippen LogP contribution in [0.3, 0.4) is 0 Å². The Labute approximate surface area is 100 Å². The van der Waals surface area contributed by atoms with E-state index in [9.17, 15) is 4.79 Å². The second-order valence-electron chi connectivity index (χ2n) is 4.06. The van der Waals surface area contributed by atoms with Crippen LogP contribution in [-0.4, -0.2) is 26.8 Å². The van der Waals surface area contributed by atoms with Crippen molar-refractivity contribution < 1.29 is 0 Å². The summed E-state index contributed by atoms with van der Waals surface area (Å²) in [7, 11) is 0. The lowest BCUT2D eigenvalue weighted by atomic mass is 10.2.